The molecule has 0 saturated carbocycles. The van der Waals surface area contributed by atoms with Crippen LogP contribution in [0.2, 0.25) is 5.02 Å². The molecule has 0 radical (unpaired) electrons. The third kappa shape index (κ3) is 5.24. The van der Waals surface area contributed by atoms with Gasteiger partial charge in [-0.25, -0.2) is 10.1 Å². The van der Waals surface area contributed by atoms with Gasteiger partial charge in [0.15, 0.2) is 0 Å². The molecule has 1 aromatic heterocycles. The van der Waals surface area contributed by atoms with E-state index >= 15 is 0 Å². The largest absolute Gasteiger partial charge is 0.334 e. The van der Waals surface area contributed by atoms with Gasteiger partial charge in [-0.1, -0.05) is 53.7 Å². The van der Waals surface area contributed by atoms with E-state index in [2.05, 4.69) is 26.0 Å². The van der Waals surface area contributed by atoms with Crippen molar-refractivity contribution < 1.29 is 4.79 Å². The summed E-state index contributed by atoms with van der Waals surface area (Å²) in [5.74, 6) is 6.19. The summed E-state index contributed by atoms with van der Waals surface area (Å²) in [4.78, 5) is 12.1. The van der Waals surface area contributed by atoms with Gasteiger partial charge < -0.3 is 11.2 Å². The molecule has 0 atom stereocenters. The fraction of sp³-hybridized carbons (Fsp3) is 0.111. The number of hydrogen-bond donors (Lipinski definition) is 3. The van der Waals surface area contributed by atoms with Gasteiger partial charge in [-0.2, -0.15) is 5.10 Å². The molecule has 4 N–H and O–H groups in total. The Morgan fingerprint density at radius 1 is 1.29 bits per heavy atom. The summed E-state index contributed by atoms with van der Waals surface area (Å²) in [6.45, 7) is 1.93. The fourth-order valence-electron chi connectivity index (χ4n) is 2.23. The Bertz CT molecular complexity index is 1010. The number of nitrogens with one attached hydrogen (secondary N) is 2. The molecular weight excluding hydrogens is 398 g/mol. The second-order valence-corrected chi connectivity index (χ2v) is 7.13. The number of carbonyl (C=O) groups is 1. The highest BCUT2D eigenvalue weighted by Crippen LogP contribution is 2.18. The predicted octanol–water partition coefficient (Wildman–Crippen LogP) is 3.13. The molecule has 3 aromatic rings. The number of halogens is 1. The third-order valence-electron chi connectivity index (χ3n) is 3.64. The predicted molar refractivity (Wildman–Crippen MR) is 113 cm³/mol. The van der Waals surface area contributed by atoms with Crippen LogP contribution in [0.15, 0.2) is 58.8 Å². The number of para-hydroxylation sites is 1. The number of benzene rings is 2. The minimum absolute atomic E-state index is 0.148. The first-order valence-corrected chi connectivity index (χ1v) is 9.62. The van der Waals surface area contributed by atoms with Crippen LogP contribution in [0.1, 0.15) is 11.1 Å². The maximum absolute atomic E-state index is 12.1. The first-order chi connectivity index (χ1) is 13.5. The van der Waals surface area contributed by atoms with E-state index in [9.17, 15) is 4.79 Å². The molecule has 0 aliphatic rings. The van der Waals surface area contributed by atoms with Crippen molar-refractivity contribution >= 4 is 47.1 Å². The highest BCUT2D eigenvalue weighted by molar-refractivity contribution is 7.99. The lowest BCUT2D eigenvalue weighted by Crippen LogP contribution is -2.17. The lowest BCUT2D eigenvalue weighted by molar-refractivity contribution is -0.113. The van der Waals surface area contributed by atoms with E-state index < -0.39 is 0 Å². The standard InChI is InChI=1S/C18H18ClN7OS/c1-12-5-2-3-8-15(12)22-16(27)11-28-18-25-24-17(26(18)20)23-21-10-13-6-4-7-14(19)9-13/h2-10H,11,20H2,1H3,(H,22,27)(H,23,24)/b21-10+. The Balaban J connectivity index is 1.54. The van der Waals surface area contributed by atoms with E-state index in [1.807, 2.05) is 43.3 Å². The zero-order valence-electron chi connectivity index (χ0n) is 15.0. The number of aryl methyl sites for hydroxylation is 1. The lowest BCUT2D eigenvalue weighted by atomic mass is 10.2. The number of anilines is 2. The van der Waals surface area contributed by atoms with Gasteiger partial charge in [-0.3, -0.25) is 4.79 Å². The van der Waals surface area contributed by atoms with Crippen LogP contribution >= 0.6 is 23.4 Å². The molecule has 0 aliphatic heterocycles. The summed E-state index contributed by atoms with van der Waals surface area (Å²) in [5, 5.41) is 15.8. The number of hydrazone groups is 1. The maximum Gasteiger partial charge on any atom is 0.264 e. The number of carbonyl (C=O) groups excluding carboxylic acids is 1. The highest BCUT2D eigenvalue weighted by Gasteiger charge is 2.12. The summed E-state index contributed by atoms with van der Waals surface area (Å²) in [6.07, 6.45) is 1.59. The Morgan fingerprint density at radius 3 is 2.89 bits per heavy atom. The number of amides is 1. The Kier molecular flexibility index (Phi) is 6.51. The molecule has 10 heteroatoms. The second-order valence-electron chi connectivity index (χ2n) is 5.75. The SMILES string of the molecule is Cc1ccccc1NC(=O)CSc1nnc(N/N=C/c2cccc(Cl)c2)n1N. The van der Waals surface area contributed by atoms with Gasteiger partial charge in [0.05, 0.1) is 12.0 Å². The first kappa shape index (κ1) is 19.7. The van der Waals surface area contributed by atoms with Crippen LogP contribution in [0, 0.1) is 6.92 Å². The van der Waals surface area contributed by atoms with Crippen molar-refractivity contribution in [2.45, 2.75) is 12.1 Å². The van der Waals surface area contributed by atoms with E-state index in [0.717, 1.165) is 16.8 Å². The monoisotopic (exact) mass is 415 g/mol. The van der Waals surface area contributed by atoms with Gasteiger partial charge >= 0.3 is 0 Å². The van der Waals surface area contributed by atoms with Crippen LogP contribution in [0.5, 0.6) is 0 Å². The van der Waals surface area contributed by atoms with Crippen LogP contribution in [0.25, 0.3) is 0 Å². The van der Waals surface area contributed by atoms with Crippen molar-refractivity contribution in [3.05, 3.63) is 64.7 Å². The smallest absolute Gasteiger partial charge is 0.264 e. The topological polar surface area (TPSA) is 110 Å². The molecule has 28 heavy (non-hydrogen) atoms. The number of rotatable bonds is 7. The van der Waals surface area contributed by atoms with E-state index in [1.54, 1.807) is 18.3 Å². The van der Waals surface area contributed by atoms with E-state index in [-0.39, 0.29) is 17.6 Å². The van der Waals surface area contributed by atoms with Crippen molar-refractivity contribution in [2.75, 3.05) is 22.3 Å². The molecule has 0 bridgehead atoms. The number of aromatic nitrogens is 3. The molecule has 0 spiro atoms. The molecule has 144 valence electrons. The zero-order valence-corrected chi connectivity index (χ0v) is 16.5. The number of thioether (sulfide) groups is 1. The Hall–Kier alpha value is -3.04. The molecule has 8 nitrogen and oxygen atoms in total. The van der Waals surface area contributed by atoms with Crippen molar-refractivity contribution in [3.8, 4) is 0 Å². The van der Waals surface area contributed by atoms with Crippen molar-refractivity contribution in [2.24, 2.45) is 5.10 Å². The lowest BCUT2D eigenvalue weighted by Gasteiger charge is -2.07. The summed E-state index contributed by atoms with van der Waals surface area (Å²) < 4.78 is 1.24. The molecule has 3 rings (SSSR count). The summed E-state index contributed by atoms with van der Waals surface area (Å²) in [5.41, 5.74) is 5.31. The minimum Gasteiger partial charge on any atom is -0.334 e. The number of nitrogens with zero attached hydrogens (tertiary/aromatic N) is 4. The van der Waals surface area contributed by atoms with Gasteiger partial charge in [0.1, 0.15) is 0 Å². The highest BCUT2D eigenvalue weighted by atomic mass is 35.5. The van der Waals surface area contributed by atoms with Gasteiger partial charge in [-0.15, -0.1) is 10.2 Å². The number of nitrogens with two attached hydrogens (primary N) is 1. The van der Waals surface area contributed by atoms with Crippen LogP contribution in [0.4, 0.5) is 11.6 Å². The first-order valence-electron chi connectivity index (χ1n) is 8.26. The number of nitrogen functional groups attached to an aromatic ring is 1. The molecule has 1 heterocycles. The van der Waals surface area contributed by atoms with E-state index in [0.29, 0.717) is 10.2 Å². The minimum atomic E-state index is -0.157. The van der Waals surface area contributed by atoms with Gasteiger partial charge in [0.25, 0.3) is 5.95 Å². The van der Waals surface area contributed by atoms with E-state index in [4.69, 9.17) is 17.4 Å². The van der Waals surface area contributed by atoms with Gasteiger partial charge in [0.2, 0.25) is 11.1 Å². The molecule has 0 saturated heterocycles. The Morgan fingerprint density at radius 2 is 2.11 bits per heavy atom. The molecule has 0 aliphatic carbocycles. The second kappa shape index (κ2) is 9.25. The summed E-state index contributed by atoms with van der Waals surface area (Å²) in [7, 11) is 0. The fourth-order valence-corrected chi connectivity index (χ4v) is 3.09. The molecule has 1 amide bonds. The summed E-state index contributed by atoms with van der Waals surface area (Å²) >= 11 is 7.10. The molecule has 2 aromatic carbocycles. The molecule has 0 fully saturated rings. The van der Waals surface area contributed by atoms with Gasteiger partial charge in [0, 0.05) is 10.7 Å². The zero-order chi connectivity index (χ0) is 19.9. The van der Waals surface area contributed by atoms with Gasteiger partial charge in [-0.05, 0) is 36.2 Å². The quantitative estimate of drug-likeness (QED) is 0.236. The van der Waals surface area contributed by atoms with Crippen LogP contribution in [-0.4, -0.2) is 32.7 Å². The van der Waals surface area contributed by atoms with Crippen LogP contribution in [-0.2, 0) is 4.79 Å². The maximum atomic E-state index is 12.1. The Labute approximate surface area is 171 Å². The summed E-state index contributed by atoms with van der Waals surface area (Å²) in [6, 6.07) is 14.8. The van der Waals surface area contributed by atoms with Crippen molar-refractivity contribution in [1.29, 1.82) is 0 Å². The van der Waals surface area contributed by atoms with E-state index in [1.165, 1.54) is 16.4 Å². The van der Waals surface area contributed by atoms with Crippen LogP contribution < -0.4 is 16.6 Å². The molecule has 0 unspecified atom stereocenters. The van der Waals surface area contributed by atoms with Crippen molar-refractivity contribution in [3.63, 3.8) is 0 Å². The number of hydrogen-bond acceptors (Lipinski definition) is 7. The molecular formula is C18H18ClN7OS. The normalized spacial score (nSPS) is 10.9. The van der Waals surface area contributed by atoms with Crippen molar-refractivity contribution in [1.82, 2.24) is 14.9 Å². The van der Waals surface area contributed by atoms with Crippen LogP contribution in [0.3, 0.4) is 0 Å². The average Bonchev–Trinajstić information content (AvgIpc) is 3.02. The third-order valence-corrected chi connectivity index (χ3v) is 4.82. The average molecular weight is 416 g/mol.